The van der Waals surface area contributed by atoms with Gasteiger partial charge in [-0.1, -0.05) is 5.16 Å². The zero-order chi connectivity index (χ0) is 11.5. The number of carbonyl (C=O) groups is 1. The molecule has 88 valence electrons. The molecule has 2 heterocycles. The van der Waals surface area contributed by atoms with Crippen molar-refractivity contribution >= 4 is 5.91 Å². The second-order valence-corrected chi connectivity index (χ2v) is 4.34. The van der Waals surface area contributed by atoms with E-state index in [1.165, 1.54) is 6.26 Å². The molecule has 16 heavy (non-hydrogen) atoms. The van der Waals surface area contributed by atoms with Crippen molar-refractivity contribution in [2.24, 2.45) is 0 Å². The smallest absolute Gasteiger partial charge is 0.258 e. The van der Waals surface area contributed by atoms with Crippen LogP contribution in [0, 0.1) is 0 Å². The molecule has 1 aliphatic heterocycles. The highest BCUT2D eigenvalue weighted by Gasteiger charge is 2.25. The summed E-state index contributed by atoms with van der Waals surface area (Å²) < 4.78 is 4.95. The first-order chi connectivity index (χ1) is 7.70. The Morgan fingerprint density at radius 3 is 2.81 bits per heavy atom. The van der Waals surface area contributed by atoms with Gasteiger partial charge in [-0.2, -0.15) is 0 Å². The van der Waals surface area contributed by atoms with Crippen LogP contribution < -0.4 is 5.32 Å². The Morgan fingerprint density at radius 2 is 2.19 bits per heavy atom. The molecule has 1 N–H and O–H groups in total. The molecule has 0 aliphatic carbocycles. The van der Waals surface area contributed by atoms with Gasteiger partial charge in [0, 0.05) is 20.0 Å². The summed E-state index contributed by atoms with van der Waals surface area (Å²) in [4.78, 5) is 13.4. The van der Waals surface area contributed by atoms with Gasteiger partial charge in [0.05, 0.1) is 5.69 Å². The van der Waals surface area contributed by atoms with E-state index in [2.05, 4.69) is 10.5 Å². The summed E-state index contributed by atoms with van der Waals surface area (Å²) in [6.07, 6.45) is 3.49. The molecule has 1 saturated heterocycles. The fraction of sp³-hybridized carbons (Fsp3) is 0.636. The number of nitrogens with one attached hydrogen (secondary N) is 1. The van der Waals surface area contributed by atoms with Gasteiger partial charge in [-0.3, -0.25) is 4.79 Å². The summed E-state index contributed by atoms with van der Waals surface area (Å²) in [7, 11) is 3.48. The Balaban J connectivity index is 2.21. The molecule has 0 saturated carbocycles. The van der Waals surface area contributed by atoms with E-state index in [0.29, 0.717) is 11.5 Å². The van der Waals surface area contributed by atoms with Crippen LogP contribution >= 0.6 is 0 Å². The third-order valence-electron chi connectivity index (χ3n) is 2.96. The van der Waals surface area contributed by atoms with Gasteiger partial charge in [-0.05, 0) is 25.9 Å². The number of aromatic nitrogens is 1. The highest BCUT2D eigenvalue weighted by atomic mass is 16.5. The van der Waals surface area contributed by atoms with Crippen molar-refractivity contribution < 1.29 is 9.32 Å². The molecule has 0 unspecified atom stereocenters. The molecule has 0 radical (unpaired) electrons. The zero-order valence-corrected chi connectivity index (χ0v) is 9.69. The second-order valence-electron chi connectivity index (χ2n) is 4.34. The number of hydrogen-bond acceptors (Lipinski definition) is 4. The monoisotopic (exact) mass is 223 g/mol. The standard InChI is InChI=1S/C11H17N3O2/c1-14(2)11(15)9-7-16-13-10(9)8-3-5-12-6-4-8/h7-8,12H,3-6H2,1-2H3. The van der Waals surface area contributed by atoms with Gasteiger partial charge in [0.2, 0.25) is 0 Å². The molecule has 2 rings (SSSR count). The van der Waals surface area contributed by atoms with Crippen molar-refractivity contribution in [3.05, 3.63) is 17.5 Å². The fourth-order valence-corrected chi connectivity index (χ4v) is 2.04. The number of nitrogens with zero attached hydrogens (tertiary/aromatic N) is 2. The predicted octanol–water partition coefficient (Wildman–Crippen LogP) is 0.843. The maximum atomic E-state index is 11.9. The number of rotatable bonds is 2. The van der Waals surface area contributed by atoms with Crippen LogP contribution in [0.5, 0.6) is 0 Å². The van der Waals surface area contributed by atoms with E-state index < -0.39 is 0 Å². The fourth-order valence-electron chi connectivity index (χ4n) is 2.04. The predicted molar refractivity (Wildman–Crippen MR) is 59.4 cm³/mol. The minimum atomic E-state index is -0.0326. The highest BCUT2D eigenvalue weighted by molar-refractivity contribution is 5.94. The molecule has 0 spiro atoms. The largest absolute Gasteiger partial charge is 0.364 e. The summed E-state index contributed by atoms with van der Waals surface area (Å²) >= 11 is 0. The molecule has 1 aromatic rings. The average Bonchev–Trinajstić information content (AvgIpc) is 2.77. The van der Waals surface area contributed by atoms with Crippen LogP contribution in [0.1, 0.15) is 34.8 Å². The Labute approximate surface area is 94.8 Å². The van der Waals surface area contributed by atoms with Crippen LogP contribution in [0.3, 0.4) is 0 Å². The van der Waals surface area contributed by atoms with Crippen LogP contribution in [0.4, 0.5) is 0 Å². The van der Waals surface area contributed by atoms with Crippen LogP contribution in [0.25, 0.3) is 0 Å². The minimum absolute atomic E-state index is 0.0326. The first-order valence-electron chi connectivity index (χ1n) is 5.56. The number of hydrogen-bond donors (Lipinski definition) is 1. The van der Waals surface area contributed by atoms with E-state index in [1.807, 2.05) is 0 Å². The molecule has 5 heteroatoms. The zero-order valence-electron chi connectivity index (χ0n) is 9.69. The molecular weight excluding hydrogens is 206 g/mol. The minimum Gasteiger partial charge on any atom is -0.364 e. The van der Waals surface area contributed by atoms with Gasteiger partial charge in [0.25, 0.3) is 5.91 Å². The maximum absolute atomic E-state index is 11.9. The SMILES string of the molecule is CN(C)C(=O)c1conc1C1CCNCC1. The quantitative estimate of drug-likeness (QED) is 0.807. The first kappa shape index (κ1) is 11.1. The van der Waals surface area contributed by atoms with E-state index in [-0.39, 0.29) is 5.91 Å². The Kier molecular flexibility index (Phi) is 3.24. The van der Waals surface area contributed by atoms with E-state index in [4.69, 9.17) is 4.52 Å². The van der Waals surface area contributed by atoms with Gasteiger partial charge in [0.1, 0.15) is 11.8 Å². The second kappa shape index (κ2) is 4.65. The van der Waals surface area contributed by atoms with Crippen molar-refractivity contribution in [1.82, 2.24) is 15.4 Å². The molecule has 1 aromatic heterocycles. The lowest BCUT2D eigenvalue weighted by atomic mass is 9.92. The Bertz CT molecular complexity index is 367. The van der Waals surface area contributed by atoms with Gasteiger partial charge in [-0.15, -0.1) is 0 Å². The van der Waals surface area contributed by atoms with Crippen LogP contribution in [-0.2, 0) is 0 Å². The van der Waals surface area contributed by atoms with Crippen LogP contribution in [0.15, 0.2) is 10.8 Å². The topological polar surface area (TPSA) is 58.4 Å². The van der Waals surface area contributed by atoms with Crippen molar-refractivity contribution in [2.75, 3.05) is 27.2 Å². The molecule has 0 atom stereocenters. The Hall–Kier alpha value is -1.36. The molecule has 0 aromatic carbocycles. The summed E-state index contributed by atoms with van der Waals surface area (Å²) in [6.45, 7) is 1.96. The normalized spacial score (nSPS) is 17.4. The van der Waals surface area contributed by atoms with E-state index in [1.54, 1.807) is 19.0 Å². The molecule has 5 nitrogen and oxygen atoms in total. The summed E-state index contributed by atoms with van der Waals surface area (Å²) in [5.41, 5.74) is 1.43. The molecule has 0 bridgehead atoms. The van der Waals surface area contributed by atoms with Crippen LogP contribution in [-0.4, -0.2) is 43.1 Å². The summed E-state index contributed by atoms with van der Waals surface area (Å²) in [5.74, 6) is 0.314. The molecule has 1 fully saturated rings. The van der Waals surface area contributed by atoms with E-state index in [9.17, 15) is 4.79 Å². The summed E-state index contributed by atoms with van der Waals surface area (Å²) in [6, 6.07) is 0. The lowest BCUT2D eigenvalue weighted by molar-refractivity contribution is 0.0825. The van der Waals surface area contributed by atoms with Gasteiger partial charge >= 0.3 is 0 Å². The van der Waals surface area contributed by atoms with E-state index in [0.717, 1.165) is 31.6 Å². The van der Waals surface area contributed by atoms with Crippen molar-refractivity contribution in [2.45, 2.75) is 18.8 Å². The van der Waals surface area contributed by atoms with E-state index >= 15 is 0 Å². The molecular formula is C11H17N3O2. The third kappa shape index (κ3) is 2.09. The van der Waals surface area contributed by atoms with Gasteiger partial charge in [-0.25, -0.2) is 0 Å². The van der Waals surface area contributed by atoms with Crippen molar-refractivity contribution in [3.8, 4) is 0 Å². The number of carbonyl (C=O) groups excluding carboxylic acids is 1. The highest BCUT2D eigenvalue weighted by Crippen LogP contribution is 2.27. The molecule has 1 aliphatic rings. The lowest BCUT2D eigenvalue weighted by Gasteiger charge is -2.21. The van der Waals surface area contributed by atoms with Gasteiger partial charge < -0.3 is 14.7 Å². The number of piperidine rings is 1. The summed E-state index contributed by atoms with van der Waals surface area (Å²) in [5, 5.41) is 7.29. The maximum Gasteiger partial charge on any atom is 0.258 e. The molecule has 1 amide bonds. The van der Waals surface area contributed by atoms with Crippen molar-refractivity contribution in [3.63, 3.8) is 0 Å². The lowest BCUT2D eigenvalue weighted by Crippen LogP contribution is -2.29. The third-order valence-corrected chi connectivity index (χ3v) is 2.96. The Morgan fingerprint density at radius 1 is 1.50 bits per heavy atom. The van der Waals surface area contributed by atoms with Crippen LogP contribution in [0.2, 0.25) is 0 Å². The first-order valence-corrected chi connectivity index (χ1v) is 5.56. The number of amides is 1. The van der Waals surface area contributed by atoms with Gasteiger partial charge in [0.15, 0.2) is 0 Å². The average molecular weight is 223 g/mol. The van der Waals surface area contributed by atoms with Crippen molar-refractivity contribution in [1.29, 1.82) is 0 Å².